The van der Waals surface area contributed by atoms with Gasteiger partial charge in [0.15, 0.2) is 11.6 Å². The molecule has 0 atom stereocenters. The molecule has 2 N–H and O–H groups in total. The van der Waals surface area contributed by atoms with Crippen LogP contribution in [-0.4, -0.2) is 29.6 Å². The van der Waals surface area contributed by atoms with Crippen LogP contribution in [0.25, 0.3) is 0 Å². The van der Waals surface area contributed by atoms with Gasteiger partial charge in [0.1, 0.15) is 5.82 Å². The maximum absolute atomic E-state index is 14.9. The number of hydrogen-bond donors (Lipinski definition) is 2. The molecular formula is C32H32FN3O2. The molecule has 0 spiro atoms. The second-order valence-electron chi connectivity index (χ2n) is 10.2. The van der Waals surface area contributed by atoms with Crippen LogP contribution in [0.4, 0.5) is 21.5 Å². The highest BCUT2D eigenvalue weighted by molar-refractivity contribution is 5.98. The van der Waals surface area contributed by atoms with Gasteiger partial charge >= 0.3 is 0 Å². The van der Waals surface area contributed by atoms with Gasteiger partial charge in [0, 0.05) is 60.8 Å². The van der Waals surface area contributed by atoms with E-state index in [9.17, 15) is 14.0 Å². The third-order valence-electron chi connectivity index (χ3n) is 7.25. The summed E-state index contributed by atoms with van der Waals surface area (Å²) in [6.07, 6.45) is 6.24. The Morgan fingerprint density at radius 1 is 0.868 bits per heavy atom. The van der Waals surface area contributed by atoms with Crippen molar-refractivity contribution in [3.8, 4) is 0 Å². The first-order valence-electron chi connectivity index (χ1n) is 13.1. The minimum Gasteiger partial charge on any atom is -0.372 e. The minimum absolute atomic E-state index is 0.0336. The standard InChI is InChI=1S/C32H32FN3O2/c1-22-13-16-36(17-14-22)28-9-5-25(6-10-28)31(37)20-24-4-11-30(29(33)18-24)35-27-7-2-23(3-8-27)19-32(38)26-12-15-34-21-26/h2-12,15,18,21-22,34-35H,13-14,16-17,19-20H2,1H3. The molecule has 194 valence electrons. The third kappa shape index (κ3) is 6.20. The molecule has 0 saturated carbocycles. The summed E-state index contributed by atoms with van der Waals surface area (Å²) in [6.45, 7) is 4.39. The summed E-state index contributed by atoms with van der Waals surface area (Å²) in [5.41, 5.74) is 5.00. The van der Waals surface area contributed by atoms with E-state index in [1.54, 1.807) is 30.6 Å². The van der Waals surface area contributed by atoms with Crippen molar-refractivity contribution in [1.29, 1.82) is 0 Å². The largest absolute Gasteiger partial charge is 0.372 e. The Morgan fingerprint density at radius 3 is 2.18 bits per heavy atom. The topological polar surface area (TPSA) is 65.2 Å². The lowest BCUT2D eigenvalue weighted by Gasteiger charge is -2.32. The van der Waals surface area contributed by atoms with Gasteiger partial charge in [-0.25, -0.2) is 4.39 Å². The average Bonchev–Trinajstić information content (AvgIpc) is 3.47. The van der Waals surface area contributed by atoms with Crippen LogP contribution in [0.5, 0.6) is 0 Å². The van der Waals surface area contributed by atoms with Crippen molar-refractivity contribution in [3.05, 3.63) is 113 Å². The fourth-order valence-corrected chi connectivity index (χ4v) is 4.83. The summed E-state index contributed by atoms with van der Waals surface area (Å²) < 4.78 is 14.9. The maximum atomic E-state index is 14.9. The number of aromatic amines is 1. The number of H-pyrrole nitrogens is 1. The smallest absolute Gasteiger partial charge is 0.168 e. The second-order valence-corrected chi connectivity index (χ2v) is 10.2. The third-order valence-corrected chi connectivity index (χ3v) is 7.25. The molecular weight excluding hydrogens is 477 g/mol. The van der Waals surface area contributed by atoms with Gasteiger partial charge in [-0.1, -0.05) is 25.1 Å². The van der Waals surface area contributed by atoms with Gasteiger partial charge in [-0.3, -0.25) is 9.59 Å². The van der Waals surface area contributed by atoms with Crippen LogP contribution < -0.4 is 10.2 Å². The Morgan fingerprint density at radius 2 is 1.53 bits per heavy atom. The Hall–Kier alpha value is -4.19. The van der Waals surface area contributed by atoms with E-state index in [0.29, 0.717) is 34.5 Å². The highest BCUT2D eigenvalue weighted by Gasteiger charge is 2.17. The Labute approximate surface area is 222 Å². The highest BCUT2D eigenvalue weighted by atomic mass is 19.1. The number of aromatic nitrogens is 1. The zero-order chi connectivity index (χ0) is 26.5. The lowest BCUT2D eigenvalue weighted by Crippen LogP contribution is -2.32. The van der Waals surface area contributed by atoms with E-state index in [0.717, 1.165) is 30.3 Å². The highest BCUT2D eigenvalue weighted by Crippen LogP contribution is 2.25. The quantitative estimate of drug-likeness (QED) is 0.239. The minimum atomic E-state index is -0.420. The molecule has 1 aromatic heterocycles. The molecule has 1 saturated heterocycles. The second kappa shape index (κ2) is 11.5. The first-order valence-corrected chi connectivity index (χ1v) is 13.1. The number of benzene rings is 3. The molecule has 0 bridgehead atoms. The maximum Gasteiger partial charge on any atom is 0.168 e. The summed E-state index contributed by atoms with van der Waals surface area (Å²) in [5, 5.41) is 3.08. The van der Waals surface area contributed by atoms with Crippen molar-refractivity contribution in [2.24, 2.45) is 5.92 Å². The number of rotatable bonds is 9. The van der Waals surface area contributed by atoms with Gasteiger partial charge in [0.25, 0.3) is 0 Å². The van der Waals surface area contributed by atoms with Crippen LogP contribution in [0.1, 0.15) is 51.6 Å². The van der Waals surface area contributed by atoms with Crippen LogP contribution in [0.15, 0.2) is 85.2 Å². The molecule has 0 unspecified atom stereocenters. The Balaban J connectivity index is 1.17. The normalized spacial score (nSPS) is 13.9. The van der Waals surface area contributed by atoms with Gasteiger partial charge in [0.05, 0.1) is 5.69 Å². The SMILES string of the molecule is CC1CCN(c2ccc(C(=O)Cc3ccc(Nc4ccc(CC(=O)c5cc[nH]c5)cc4)c(F)c3)cc2)CC1. The summed E-state index contributed by atoms with van der Waals surface area (Å²) in [4.78, 5) is 30.4. The fraction of sp³-hybridized carbons (Fsp3) is 0.250. The summed E-state index contributed by atoms with van der Waals surface area (Å²) in [6, 6.07) is 21.7. The van der Waals surface area contributed by atoms with Gasteiger partial charge in [0.2, 0.25) is 0 Å². The first kappa shape index (κ1) is 25.5. The number of ketones is 2. The number of Topliss-reactive ketones (excluding diaryl/α,β-unsaturated/α-hetero) is 2. The first-order chi connectivity index (χ1) is 18.4. The van der Waals surface area contributed by atoms with Crippen LogP contribution in [0.3, 0.4) is 0 Å². The van der Waals surface area contributed by atoms with Crippen LogP contribution in [-0.2, 0) is 12.8 Å². The van der Waals surface area contributed by atoms with Crippen LogP contribution >= 0.6 is 0 Å². The fourth-order valence-electron chi connectivity index (χ4n) is 4.83. The molecule has 5 rings (SSSR count). The van der Waals surface area contributed by atoms with Crippen molar-refractivity contribution in [2.75, 3.05) is 23.3 Å². The molecule has 0 aliphatic carbocycles. The number of halogens is 1. The number of nitrogens with zero attached hydrogens (tertiary/aromatic N) is 1. The molecule has 1 aliphatic rings. The summed E-state index contributed by atoms with van der Waals surface area (Å²) >= 11 is 0. The number of carbonyl (C=O) groups excluding carboxylic acids is 2. The number of piperidine rings is 1. The predicted octanol–water partition coefficient (Wildman–Crippen LogP) is 6.98. The molecule has 6 heteroatoms. The van der Waals surface area contributed by atoms with E-state index in [4.69, 9.17) is 0 Å². The van der Waals surface area contributed by atoms with Gasteiger partial charge < -0.3 is 15.2 Å². The molecule has 0 amide bonds. The molecule has 3 aromatic carbocycles. The number of hydrogen-bond acceptors (Lipinski definition) is 4. The van der Waals surface area contributed by atoms with Crippen molar-refractivity contribution in [2.45, 2.75) is 32.6 Å². The van der Waals surface area contributed by atoms with Crippen molar-refractivity contribution in [3.63, 3.8) is 0 Å². The van der Waals surface area contributed by atoms with E-state index < -0.39 is 5.82 Å². The number of anilines is 3. The lowest BCUT2D eigenvalue weighted by atomic mass is 9.98. The summed E-state index contributed by atoms with van der Waals surface area (Å²) in [7, 11) is 0. The molecule has 38 heavy (non-hydrogen) atoms. The van der Waals surface area contributed by atoms with E-state index in [1.807, 2.05) is 48.5 Å². The van der Waals surface area contributed by atoms with E-state index in [1.165, 1.54) is 18.9 Å². The van der Waals surface area contributed by atoms with E-state index in [2.05, 4.69) is 22.1 Å². The van der Waals surface area contributed by atoms with Gasteiger partial charge in [-0.2, -0.15) is 0 Å². The monoisotopic (exact) mass is 509 g/mol. The van der Waals surface area contributed by atoms with Gasteiger partial charge in [-0.05, 0) is 84.5 Å². The molecule has 0 radical (unpaired) electrons. The van der Waals surface area contributed by atoms with E-state index >= 15 is 0 Å². The van der Waals surface area contributed by atoms with Crippen LogP contribution in [0, 0.1) is 11.7 Å². The molecule has 1 fully saturated rings. The van der Waals surface area contributed by atoms with Crippen molar-refractivity contribution >= 4 is 28.6 Å². The molecule has 5 nitrogen and oxygen atoms in total. The predicted molar refractivity (Wildman–Crippen MR) is 150 cm³/mol. The molecule has 2 heterocycles. The van der Waals surface area contributed by atoms with E-state index in [-0.39, 0.29) is 18.0 Å². The number of carbonyl (C=O) groups is 2. The molecule has 4 aromatic rings. The Bertz CT molecular complexity index is 1390. The zero-order valence-corrected chi connectivity index (χ0v) is 21.5. The zero-order valence-electron chi connectivity index (χ0n) is 21.5. The lowest BCUT2D eigenvalue weighted by molar-refractivity contribution is 0.0985. The van der Waals surface area contributed by atoms with Crippen molar-refractivity contribution in [1.82, 2.24) is 4.98 Å². The van der Waals surface area contributed by atoms with Crippen molar-refractivity contribution < 1.29 is 14.0 Å². The number of nitrogens with one attached hydrogen (secondary N) is 2. The van der Waals surface area contributed by atoms with Crippen LogP contribution in [0.2, 0.25) is 0 Å². The average molecular weight is 510 g/mol. The Kier molecular flexibility index (Phi) is 7.68. The molecule has 1 aliphatic heterocycles. The summed E-state index contributed by atoms with van der Waals surface area (Å²) in [5.74, 6) is 0.355. The van der Waals surface area contributed by atoms with Gasteiger partial charge in [-0.15, -0.1) is 0 Å².